The summed E-state index contributed by atoms with van der Waals surface area (Å²) < 4.78 is 0. The van der Waals surface area contributed by atoms with Crippen LogP contribution in [0.15, 0.2) is 29.6 Å². The van der Waals surface area contributed by atoms with E-state index in [1.165, 1.54) is 16.9 Å². The highest BCUT2D eigenvalue weighted by molar-refractivity contribution is 7.11. The third-order valence-corrected chi connectivity index (χ3v) is 3.29. The fraction of sp³-hybridized carbons (Fsp3) is 0.286. The number of aromatic nitrogens is 1. The summed E-state index contributed by atoms with van der Waals surface area (Å²) >= 11 is 1.38. The Morgan fingerprint density at radius 3 is 2.53 bits per heavy atom. The molecule has 3 heteroatoms. The quantitative estimate of drug-likeness (QED) is 0.766. The molecule has 1 aromatic heterocycles. The molecule has 0 atom stereocenters. The molecule has 2 aromatic rings. The predicted octanol–water partition coefficient (Wildman–Crippen LogP) is 3.82. The number of rotatable bonds is 4. The Kier molecular flexibility index (Phi) is 3.69. The van der Waals surface area contributed by atoms with Gasteiger partial charge in [-0.15, -0.1) is 11.3 Å². The van der Waals surface area contributed by atoms with E-state index in [4.69, 9.17) is 0 Å². The first kappa shape index (κ1) is 12.0. The highest BCUT2D eigenvalue weighted by atomic mass is 32.1. The molecule has 1 aromatic carbocycles. The predicted molar refractivity (Wildman–Crippen MR) is 71.5 cm³/mol. The summed E-state index contributed by atoms with van der Waals surface area (Å²) in [7, 11) is 0. The Balaban J connectivity index is 2.19. The second kappa shape index (κ2) is 5.23. The summed E-state index contributed by atoms with van der Waals surface area (Å²) in [6.07, 6.45) is 1.89. The lowest BCUT2D eigenvalue weighted by Crippen LogP contribution is -1.93. The summed E-state index contributed by atoms with van der Waals surface area (Å²) in [4.78, 5) is 14.8. The molecule has 0 aliphatic carbocycles. The van der Waals surface area contributed by atoms with E-state index in [0.717, 1.165) is 24.0 Å². The van der Waals surface area contributed by atoms with Gasteiger partial charge in [0.05, 0.1) is 5.69 Å². The van der Waals surface area contributed by atoms with Crippen molar-refractivity contribution in [1.82, 2.24) is 4.98 Å². The molecule has 1 heterocycles. The van der Waals surface area contributed by atoms with E-state index in [2.05, 4.69) is 43.1 Å². The van der Waals surface area contributed by atoms with Gasteiger partial charge in [0, 0.05) is 10.9 Å². The second-order valence-electron chi connectivity index (χ2n) is 4.48. The molecule has 0 saturated heterocycles. The second-order valence-corrected chi connectivity index (χ2v) is 5.37. The van der Waals surface area contributed by atoms with Gasteiger partial charge in [-0.2, -0.15) is 0 Å². The van der Waals surface area contributed by atoms with Crippen LogP contribution >= 0.6 is 11.3 Å². The molecular weight excluding hydrogens is 230 g/mol. The number of thiazole rings is 1. The van der Waals surface area contributed by atoms with Gasteiger partial charge in [0.15, 0.2) is 11.3 Å². The van der Waals surface area contributed by atoms with Crippen LogP contribution < -0.4 is 0 Å². The van der Waals surface area contributed by atoms with E-state index in [9.17, 15) is 4.79 Å². The lowest BCUT2D eigenvalue weighted by Gasteiger charge is -2.05. The fourth-order valence-corrected chi connectivity index (χ4v) is 2.39. The van der Waals surface area contributed by atoms with Crippen LogP contribution in [0.2, 0.25) is 0 Å². The number of benzene rings is 1. The number of hydrogen-bond acceptors (Lipinski definition) is 3. The first-order valence-corrected chi connectivity index (χ1v) is 6.57. The van der Waals surface area contributed by atoms with Crippen molar-refractivity contribution >= 4 is 17.6 Å². The average molecular weight is 245 g/mol. The molecule has 0 radical (unpaired) electrons. The minimum atomic E-state index is 0.534. The Morgan fingerprint density at radius 2 is 2.00 bits per heavy atom. The lowest BCUT2D eigenvalue weighted by atomic mass is 10.0. The van der Waals surface area contributed by atoms with E-state index < -0.39 is 0 Å². The summed E-state index contributed by atoms with van der Waals surface area (Å²) in [5.74, 6) is 0.668. The molecule has 0 N–H and O–H groups in total. The monoisotopic (exact) mass is 245 g/mol. The Morgan fingerprint density at radius 1 is 1.29 bits per heavy atom. The molecule has 0 spiro atoms. The zero-order valence-electron chi connectivity index (χ0n) is 10.0. The van der Waals surface area contributed by atoms with Crippen molar-refractivity contribution in [3.63, 3.8) is 0 Å². The number of hydrogen-bond donors (Lipinski definition) is 0. The average Bonchev–Trinajstić information content (AvgIpc) is 2.78. The number of carbonyl (C=O) groups excluding carboxylic acids is 1. The van der Waals surface area contributed by atoms with Crippen molar-refractivity contribution in [1.29, 1.82) is 0 Å². The van der Waals surface area contributed by atoms with Gasteiger partial charge in [-0.3, -0.25) is 4.79 Å². The Labute approximate surface area is 105 Å². The van der Waals surface area contributed by atoms with Crippen molar-refractivity contribution < 1.29 is 4.79 Å². The third-order valence-electron chi connectivity index (χ3n) is 2.52. The van der Waals surface area contributed by atoms with Crippen LogP contribution in [0.25, 0.3) is 11.3 Å². The first-order chi connectivity index (χ1) is 8.19. The number of carbonyl (C=O) groups is 1. The molecule has 88 valence electrons. The van der Waals surface area contributed by atoms with Gasteiger partial charge in [0.1, 0.15) is 0 Å². The number of nitrogens with zero attached hydrogens (tertiary/aromatic N) is 1. The lowest BCUT2D eigenvalue weighted by molar-refractivity contribution is 0.112. The normalized spacial score (nSPS) is 10.8. The maximum Gasteiger partial charge on any atom is 0.178 e. The minimum Gasteiger partial charge on any atom is -0.295 e. The van der Waals surface area contributed by atoms with Crippen molar-refractivity contribution in [2.45, 2.75) is 20.3 Å². The van der Waals surface area contributed by atoms with Gasteiger partial charge in [0.2, 0.25) is 0 Å². The van der Waals surface area contributed by atoms with Crippen LogP contribution in [0.3, 0.4) is 0 Å². The molecule has 0 amide bonds. The van der Waals surface area contributed by atoms with Gasteiger partial charge < -0.3 is 0 Å². The van der Waals surface area contributed by atoms with Crippen LogP contribution in [-0.2, 0) is 6.42 Å². The zero-order valence-corrected chi connectivity index (χ0v) is 10.8. The Bertz CT molecular complexity index is 499. The van der Waals surface area contributed by atoms with E-state index in [-0.39, 0.29) is 0 Å². The van der Waals surface area contributed by atoms with E-state index >= 15 is 0 Å². The SMILES string of the molecule is CC(C)Cc1ccc(-c2csc(C=O)n2)cc1. The van der Waals surface area contributed by atoms with Crippen LogP contribution in [0, 0.1) is 5.92 Å². The molecule has 2 rings (SSSR count). The van der Waals surface area contributed by atoms with Crippen molar-refractivity contribution in [3.05, 3.63) is 40.2 Å². The first-order valence-electron chi connectivity index (χ1n) is 5.69. The maximum absolute atomic E-state index is 10.6. The molecule has 0 aliphatic heterocycles. The van der Waals surface area contributed by atoms with E-state index in [1.54, 1.807) is 0 Å². The molecule has 0 fully saturated rings. The highest BCUT2D eigenvalue weighted by Crippen LogP contribution is 2.22. The van der Waals surface area contributed by atoms with Crippen LogP contribution in [0.1, 0.15) is 29.2 Å². The summed E-state index contributed by atoms with van der Waals surface area (Å²) in [5.41, 5.74) is 3.30. The van der Waals surface area contributed by atoms with E-state index in [0.29, 0.717) is 10.9 Å². The number of aldehydes is 1. The van der Waals surface area contributed by atoms with Gasteiger partial charge in [-0.05, 0) is 17.9 Å². The van der Waals surface area contributed by atoms with Gasteiger partial charge in [0.25, 0.3) is 0 Å². The fourth-order valence-electron chi connectivity index (χ4n) is 1.76. The molecule has 17 heavy (non-hydrogen) atoms. The molecule has 0 saturated carbocycles. The molecule has 0 unspecified atom stereocenters. The van der Waals surface area contributed by atoms with Gasteiger partial charge in [-0.25, -0.2) is 4.98 Å². The topological polar surface area (TPSA) is 30.0 Å². The van der Waals surface area contributed by atoms with Crippen molar-refractivity contribution in [2.75, 3.05) is 0 Å². The van der Waals surface area contributed by atoms with Crippen LogP contribution in [-0.4, -0.2) is 11.3 Å². The molecule has 0 bridgehead atoms. The summed E-state index contributed by atoms with van der Waals surface area (Å²) in [6.45, 7) is 4.43. The highest BCUT2D eigenvalue weighted by Gasteiger charge is 2.04. The van der Waals surface area contributed by atoms with Crippen LogP contribution in [0.5, 0.6) is 0 Å². The minimum absolute atomic E-state index is 0.534. The van der Waals surface area contributed by atoms with Gasteiger partial charge in [-0.1, -0.05) is 38.1 Å². The van der Waals surface area contributed by atoms with Gasteiger partial charge >= 0.3 is 0 Å². The molecule has 2 nitrogen and oxygen atoms in total. The zero-order chi connectivity index (χ0) is 12.3. The van der Waals surface area contributed by atoms with Crippen LogP contribution in [0.4, 0.5) is 0 Å². The van der Waals surface area contributed by atoms with E-state index in [1.807, 2.05) is 5.38 Å². The van der Waals surface area contributed by atoms with Crippen molar-refractivity contribution in [3.8, 4) is 11.3 Å². The largest absolute Gasteiger partial charge is 0.295 e. The van der Waals surface area contributed by atoms with Crippen molar-refractivity contribution in [2.24, 2.45) is 5.92 Å². The standard InChI is InChI=1S/C14H15NOS/c1-10(2)7-11-3-5-12(6-4-11)13-9-17-14(8-16)15-13/h3-6,8-10H,7H2,1-2H3. The molecule has 0 aliphatic rings. The summed E-state index contributed by atoms with van der Waals surface area (Å²) in [5, 5.41) is 2.45. The third kappa shape index (κ3) is 3.01. The maximum atomic E-state index is 10.6. The molecular formula is C14H15NOS. The summed E-state index contributed by atoms with van der Waals surface area (Å²) in [6, 6.07) is 8.41. The Hall–Kier alpha value is -1.48. The smallest absolute Gasteiger partial charge is 0.178 e.